The van der Waals surface area contributed by atoms with Crippen molar-refractivity contribution in [2.75, 3.05) is 0 Å². The first kappa shape index (κ1) is 12.3. The highest BCUT2D eigenvalue weighted by Crippen LogP contribution is 2.26. The average molecular weight is 256 g/mol. The Labute approximate surface area is 112 Å². The molecule has 2 aromatic rings. The second kappa shape index (κ2) is 5.10. The quantitative estimate of drug-likeness (QED) is 0.906. The summed E-state index contributed by atoms with van der Waals surface area (Å²) < 4.78 is 13.7. The second-order valence-electron chi connectivity index (χ2n) is 5.16. The molecule has 1 aliphatic rings. The molecule has 1 saturated carbocycles. The van der Waals surface area contributed by atoms with Gasteiger partial charge < -0.3 is 5.32 Å². The van der Waals surface area contributed by atoms with Gasteiger partial charge in [0.1, 0.15) is 5.82 Å². The summed E-state index contributed by atoms with van der Waals surface area (Å²) in [7, 11) is 0. The van der Waals surface area contributed by atoms with Gasteiger partial charge in [0.15, 0.2) is 0 Å². The second-order valence-corrected chi connectivity index (χ2v) is 5.16. The van der Waals surface area contributed by atoms with Crippen LogP contribution in [0.2, 0.25) is 0 Å². The smallest absolute Gasteiger partial charge is 0.149 e. The first-order valence-corrected chi connectivity index (χ1v) is 6.67. The highest BCUT2D eigenvalue weighted by atomic mass is 19.1. The third-order valence-electron chi connectivity index (χ3n) is 3.53. The number of nitrogens with one attached hydrogen (secondary N) is 1. The minimum atomic E-state index is -0.269. The Bertz CT molecular complexity index is 591. The summed E-state index contributed by atoms with van der Waals surface area (Å²) in [6, 6.07) is 8.62. The molecule has 19 heavy (non-hydrogen) atoms. The summed E-state index contributed by atoms with van der Waals surface area (Å²) in [6.07, 6.45) is 5.47. The van der Waals surface area contributed by atoms with E-state index in [0.29, 0.717) is 11.6 Å². The molecule has 3 rings (SSSR count). The molecule has 98 valence electrons. The Morgan fingerprint density at radius 2 is 2.11 bits per heavy atom. The van der Waals surface area contributed by atoms with E-state index in [0.717, 1.165) is 17.7 Å². The number of halogens is 1. The fourth-order valence-corrected chi connectivity index (χ4v) is 2.28. The molecule has 0 saturated heterocycles. The van der Waals surface area contributed by atoms with E-state index in [1.54, 1.807) is 12.3 Å². The zero-order chi connectivity index (χ0) is 13.2. The van der Waals surface area contributed by atoms with Gasteiger partial charge in [-0.25, -0.2) is 4.39 Å². The van der Waals surface area contributed by atoms with Crippen LogP contribution in [0.15, 0.2) is 36.7 Å². The molecular weight excluding hydrogens is 239 g/mol. The van der Waals surface area contributed by atoms with E-state index in [2.05, 4.69) is 22.4 Å². The van der Waals surface area contributed by atoms with Crippen molar-refractivity contribution in [3.05, 3.63) is 53.6 Å². The summed E-state index contributed by atoms with van der Waals surface area (Å²) >= 11 is 0. The van der Waals surface area contributed by atoms with Gasteiger partial charge in [-0.05, 0) is 42.5 Å². The van der Waals surface area contributed by atoms with E-state index in [-0.39, 0.29) is 5.82 Å². The van der Waals surface area contributed by atoms with Crippen LogP contribution in [0.25, 0.3) is 11.1 Å². The number of nitrogens with zero attached hydrogens (tertiary/aromatic N) is 1. The number of aromatic nitrogens is 1. The lowest BCUT2D eigenvalue weighted by molar-refractivity contribution is 0.625. The molecule has 0 unspecified atom stereocenters. The SMILES string of the molecule is Cc1cc(CNC2CC2)ccc1-c1ccncc1F. The van der Waals surface area contributed by atoms with Crippen LogP contribution in [0, 0.1) is 12.7 Å². The lowest BCUT2D eigenvalue weighted by Crippen LogP contribution is -2.15. The van der Waals surface area contributed by atoms with Gasteiger partial charge in [-0.1, -0.05) is 18.2 Å². The summed E-state index contributed by atoms with van der Waals surface area (Å²) in [5.41, 5.74) is 3.91. The van der Waals surface area contributed by atoms with Crippen LogP contribution >= 0.6 is 0 Å². The molecule has 1 heterocycles. The van der Waals surface area contributed by atoms with Crippen molar-refractivity contribution >= 4 is 0 Å². The lowest BCUT2D eigenvalue weighted by atomic mass is 9.99. The van der Waals surface area contributed by atoms with Gasteiger partial charge in [0.05, 0.1) is 6.20 Å². The van der Waals surface area contributed by atoms with Crippen LogP contribution < -0.4 is 5.32 Å². The van der Waals surface area contributed by atoms with Crippen molar-refractivity contribution < 1.29 is 4.39 Å². The van der Waals surface area contributed by atoms with Gasteiger partial charge in [-0.15, -0.1) is 0 Å². The third-order valence-corrected chi connectivity index (χ3v) is 3.53. The number of pyridine rings is 1. The van der Waals surface area contributed by atoms with Crippen molar-refractivity contribution in [2.45, 2.75) is 32.4 Å². The number of hydrogen-bond acceptors (Lipinski definition) is 2. The maximum absolute atomic E-state index is 13.7. The van der Waals surface area contributed by atoms with Gasteiger partial charge in [0.2, 0.25) is 0 Å². The number of benzene rings is 1. The van der Waals surface area contributed by atoms with Gasteiger partial charge in [-0.3, -0.25) is 4.98 Å². The molecule has 1 fully saturated rings. The Kier molecular flexibility index (Phi) is 3.30. The Balaban J connectivity index is 1.84. The summed E-state index contributed by atoms with van der Waals surface area (Å²) in [5.74, 6) is -0.269. The zero-order valence-electron chi connectivity index (χ0n) is 11.0. The molecule has 0 bridgehead atoms. The van der Waals surface area contributed by atoms with Crippen molar-refractivity contribution in [3.63, 3.8) is 0 Å². The zero-order valence-corrected chi connectivity index (χ0v) is 11.0. The van der Waals surface area contributed by atoms with Crippen LogP contribution in [0.5, 0.6) is 0 Å². The van der Waals surface area contributed by atoms with Crippen LogP contribution in [0.4, 0.5) is 4.39 Å². The standard InChI is InChI=1S/C16H17FN2/c1-11-8-12(9-19-13-3-4-13)2-5-14(11)15-6-7-18-10-16(15)17/h2,5-8,10,13,19H,3-4,9H2,1H3. The Morgan fingerprint density at radius 1 is 1.26 bits per heavy atom. The molecule has 1 N–H and O–H groups in total. The first-order chi connectivity index (χ1) is 9.24. The molecule has 0 radical (unpaired) electrons. The van der Waals surface area contributed by atoms with E-state index in [4.69, 9.17) is 0 Å². The van der Waals surface area contributed by atoms with E-state index in [9.17, 15) is 4.39 Å². The topological polar surface area (TPSA) is 24.9 Å². The number of aryl methyl sites for hydroxylation is 1. The third kappa shape index (κ3) is 2.82. The average Bonchev–Trinajstić information content (AvgIpc) is 3.22. The van der Waals surface area contributed by atoms with Crippen molar-refractivity contribution in [2.24, 2.45) is 0 Å². The molecule has 1 aliphatic carbocycles. The minimum absolute atomic E-state index is 0.269. The monoisotopic (exact) mass is 256 g/mol. The molecule has 2 nitrogen and oxygen atoms in total. The molecule has 1 aromatic heterocycles. The number of rotatable bonds is 4. The molecule has 0 atom stereocenters. The normalized spacial score (nSPS) is 14.6. The van der Waals surface area contributed by atoms with E-state index < -0.39 is 0 Å². The molecule has 0 aliphatic heterocycles. The molecule has 0 spiro atoms. The lowest BCUT2D eigenvalue weighted by Gasteiger charge is -2.10. The predicted molar refractivity (Wildman–Crippen MR) is 74.2 cm³/mol. The van der Waals surface area contributed by atoms with Crippen LogP contribution in [0.1, 0.15) is 24.0 Å². The molecule has 0 amide bonds. The number of hydrogen-bond donors (Lipinski definition) is 1. The first-order valence-electron chi connectivity index (χ1n) is 6.67. The highest BCUT2D eigenvalue weighted by Gasteiger charge is 2.20. The Morgan fingerprint density at radius 3 is 2.79 bits per heavy atom. The van der Waals surface area contributed by atoms with Gasteiger partial charge in [0.25, 0.3) is 0 Å². The van der Waals surface area contributed by atoms with Crippen LogP contribution in [-0.2, 0) is 6.54 Å². The Hall–Kier alpha value is -1.74. The van der Waals surface area contributed by atoms with Crippen LogP contribution in [-0.4, -0.2) is 11.0 Å². The molecule has 3 heteroatoms. The van der Waals surface area contributed by atoms with Gasteiger partial charge >= 0.3 is 0 Å². The fraction of sp³-hybridized carbons (Fsp3) is 0.312. The predicted octanol–water partition coefficient (Wildman–Crippen LogP) is 3.45. The van der Waals surface area contributed by atoms with Crippen LogP contribution in [0.3, 0.4) is 0 Å². The van der Waals surface area contributed by atoms with Crippen molar-refractivity contribution in [1.29, 1.82) is 0 Å². The summed E-state index contributed by atoms with van der Waals surface area (Å²) in [5, 5.41) is 3.49. The van der Waals surface area contributed by atoms with E-state index >= 15 is 0 Å². The summed E-state index contributed by atoms with van der Waals surface area (Å²) in [6.45, 7) is 2.92. The largest absolute Gasteiger partial charge is 0.310 e. The maximum atomic E-state index is 13.7. The maximum Gasteiger partial charge on any atom is 0.149 e. The fourth-order valence-electron chi connectivity index (χ4n) is 2.28. The molecular formula is C16H17FN2. The van der Waals surface area contributed by atoms with Crippen molar-refractivity contribution in [3.8, 4) is 11.1 Å². The van der Waals surface area contributed by atoms with E-state index in [1.807, 2.05) is 13.0 Å². The molecule has 1 aromatic carbocycles. The minimum Gasteiger partial charge on any atom is -0.310 e. The van der Waals surface area contributed by atoms with E-state index in [1.165, 1.54) is 24.6 Å². The van der Waals surface area contributed by atoms with Gasteiger partial charge in [-0.2, -0.15) is 0 Å². The van der Waals surface area contributed by atoms with Crippen molar-refractivity contribution in [1.82, 2.24) is 10.3 Å². The van der Waals surface area contributed by atoms with Gasteiger partial charge in [0, 0.05) is 24.3 Å². The summed E-state index contributed by atoms with van der Waals surface area (Å²) in [4.78, 5) is 3.79. The highest BCUT2D eigenvalue weighted by molar-refractivity contribution is 5.67.